The summed E-state index contributed by atoms with van der Waals surface area (Å²) in [6.45, 7) is 0. The van der Waals surface area contributed by atoms with Gasteiger partial charge in [0.05, 0.1) is 5.71 Å². The molecule has 0 amide bonds. The molecule has 0 saturated carbocycles. The highest BCUT2D eigenvalue weighted by atomic mass is 32.1. The highest BCUT2D eigenvalue weighted by Crippen LogP contribution is 2.85. The molecule has 29 aromatic rings. The molecular weight excluding hydrogens is 867 g/mol. The number of rotatable bonds is 2. The predicted molar refractivity (Wildman–Crippen MR) is 296 cm³/mol. The molecule has 290 valence electrons. The third-order valence-corrected chi connectivity index (χ3v) is 25.7. The molecule has 5 aliphatic rings. The van der Waals surface area contributed by atoms with Gasteiger partial charge in [0.15, 0.2) is 0 Å². The number of thiophene rings is 1. The Morgan fingerprint density at radius 3 is 0.743 bits per heavy atom. The van der Waals surface area contributed by atoms with Crippen LogP contribution in [0, 0.1) is 0 Å². The van der Waals surface area contributed by atoms with Gasteiger partial charge in [0, 0.05) is 16.0 Å². The van der Waals surface area contributed by atoms with E-state index in [1.165, 1.54) is 16.0 Å². The quantitative estimate of drug-likeness (QED) is 0.159. The van der Waals surface area contributed by atoms with Crippen LogP contribution >= 0.6 is 11.3 Å². The number of hydrogen-bond acceptors (Lipinski definition) is 3. The van der Waals surface area contributed by atoms with Gasteiger partial charge in [0.25, 0.3) is 0 Å². The Hall–Kier alpha value is -8.63. The molecule has 3 heteroatoms. The highest BCUT2D eigenvalue weighted by Gasteiger charge is 2.76. The first-order chi connectivity index (χ1) is 34.9. The maximum Gasteiger partial charge on any atom is 0.209 e. The Morgan fingerprint density at radius 1 is 0.286 bits per heavy atom. The summed E-state index contributed by atoms with van der Waals surface area (Å²) in [5, 5.41) is 94.6. The van der Waals surface area contributed by atoms with E-state index >= 15 is 0 Å². The lowest BCUT2D eigenvalue weighted by Gasteiger charge is -2.47. The van der Waals surface area contributed by atoms with Crippen LogP contribution in [-0.2, 0) is 15.9 Å². The summed E-state index contributed by atoms with van der Waals surface area (Å²) >= 11 is 1.83. The molecule has 34 rings (SSSR count). The summed E-state index contributed by atoms with van der Waals surface area (Å²) in [5.74, 6) is 0. The summed E-state index contributed by atoms with van der Waals surface area (Å²) in [5.41, 5.74) is 5.76. The van der Waals surface area contributed by atoms with Crippen molar-refractivity contribution < 1.29 is 4.84 Å². The van der Waals surface area contributed by atoms with E-state index < -0.39 is 11.0 Å². The zero-order valence-electron chi connectivity index (χ0n) is 35.2. The molecule has 1 aromatic heterocycles. The molecule has 28 aromatic carbocycles. The van der Waals surface area contributed by atoms with Crippen molar-refractivity contribution in [1.29, 1.82) is 0 Å². The van der Waals surface area contributed by atoms with E-state index in [2.05, 4.69) is 29.7 Å². The summed E-state index contributed by atoms with van der Waals surface area (Å²) in [6, 6.07) is 4.48. The van der Waals surface area contributed by atoms with Crippen LogP contribution in [0.25, 0.3) is 297 Å². The second-order valence-electron chi connectivity index (χ2n) is 25.1. The second-order valence-corrected chi connectivity index (χ2v) is 26.1. The SMILES string of the molecule is C(=C\c1cccs1)/C1=NOC23c4c5c6c7c8c9c(c%10c%11c2c2c4c4c%12c5c5c6c6c8c8c%13c9c9c%10c%10c%11c%11c2c2c4c4c%12c%12c5c5c6c8c6c8c%13c9c9c%10c%10c%11c2c2c4c4c%12c5c6c5c8c9c%10c2c45)C173. The van der Waals surface area contributed by atoms with Crippen molar-refractivity contribution in [3.63, 3.8) is 0 Å². The monoisotopic (exact) mass is 871 g/mol. The van der Waals surface area contributed by atoms with E-state index in [0.29, 0.717) is 0 Å². The van der Waals surface area contributed by atoms with Gasteiger partial charge >= 0.3 is 0 Å². The molecule has 1 aliphatic heterocycles. The van der Waals surface area contributed by atoms with E-state index in [1.807, 2.05) is 11.3 Å². The zero-order chi connectivity index (χ0) is 41.3. The molecular formula is C67H5NOS. The molecule has 2 nitrogen and oxygen atoms in total. The van der Waals surface area contributed by atoms with Crippen molar-refractivity contribution in [2.75, 3.05) is 0 Å². The molecule has 0 atom stereocenters. The molecule has 0 bridgehead atoms. The molecule has 4 aliphatic carbocycles. The lowest BCUT2D eigenvalue weighted by molar-refractivity contribution is -0.0122. The Morgan fingerprint density at radius 2 is 0.514 bits per heavy atom. The average Bonchev–Trinajstić information content (AvgIpc) is 4.36. The Labute approximate surface area is 383 Å². The fraction of sp³-hybridized carbons (Fsp3) is 0.0299. The standard InChI is InChI=1S/C67H5NOS/c1-2-6(70-5-1)3-4-7-66-62-54-46-36-26-18-10-8-9-12-16-14(10)22-30-24(16)34-28-20(12)21-13(9)17-15-11(8)19(18)27-33-23(15)31-25(17)35-29(21)39-38(28)50-44(34)52-42(30)48(40(46)32(22)26)56(62)58(52)64-60(50)61-51(39)45(35)53-43(31)49-41(33)47(37(27)36)55(54)63(66)57(49)59(53)65(61)67(64,66)69-68-7/h1-5H/b4-3+. The number of benzene rings is 18. The highest BCUT2D eigenvalue weighted by molar-refractivity contribution is 7.10. The molecule has 2 spiro atoms. The Balaban J connectivity index is 1.17. The lowest BCUT2D eigenvalue weighted by atomic mass is 9.53. The number of nitrogens with zero attached hydrogens (tertiary/aromatic N) is 1. The molecule has 70 heavy (non-hydrogen) atoms. The first-order valence-electron chi connectivity index (χ1n) is 25.7. The fourth-order valence-corrected chi connectivity index (χ4v) is 25.3. The van der Waals surface area contributed by atoms with E-state index in [0.717, 1.165) is 5.71 Å². The third-order valence-electron chi connectivity index (χ3n) is 24.8. The average molecular weight is 872 g/mol. The summed E-state index contributed by atoms with van der Waals surface area (Å²) in [4.78, 5) is 9.33. The second kappa shape index (κ2) is 5.81. The van der Waals surface area contributed by atoms with Crippen molar-refractivity contribution in [2.24, 2.45) is 5.16 Å². The van der Waals surface area contributed by atoms with E-state index in [4.69, 9.17) is 9.99 Å². The summed E-state index contributed by atoms with van der Waals surface area (Å²) in [7, 11) is 0. The van der Waals surface area contributed by atoms with Crippen molar-refractivity contribution >= 4 is 314 Å². The van der Waals surface area contributed by atoms with Gasteiger partial charge in [-0.3, -0.25) is 0 Å². The van der Waals surface area contributed by atoms with Gasteiger partial charge in [-0.1, -0.05) is 11.2 Å². The van der Waals surface area contributed by atoms with Gasteiger partial charge in [-0.2, -0.15) is 0 Å². The lowest BCUT2D eigenvalue weighted by Crippen LogP contribution is -2.53. The van der Waals surface area contributed by atoms with Crippen molar-refractivity contribution in [2.45, 2.75) is 11.0 Å². The van der Waals surface area contributed by atoms with Gasteiger partial charge in [0.2, 0.25) is 5.60 Å². The van der Waals surface area contributed by atoms with Crippen LogP contribution in [-0.4, -0.2) is 5.71 Å². The van der Waals surface area contributed by atoms with Crippen LogP contribution in [0.2, 0.25) is 0 Å². The minimum atomic E-state index is -0.826. The van der Waals surface area contributed by atoms with Gasteiger partial charge in [0.1, 0.15) is 5.41 Å². The third kappa shape index (κ3) is 1.34. The van der Waals surface area contributed by atoms with Gasteiger partial charge in [-0.05, 0) is 326 Å². The number of oxime groups is 1. The van der Waals surface area contributed by atoms with Gasteiger partial charge in [-0.15, -0.1) is 11.3 Å². The fourth-order valence-electron chi connectivity index (χ4n) is 24.7. The maximum absolute atomic E-state index is 8.06. The maximum atomic E-state index is 8.06. The summed E-state index contributed by atoms with van der Waals surface area (Å²) < 4.78 is 0. The number of allylic oxidation sites excluding steroid dienone is 1. The Kier molecular flexibility index (Phi) is 2.13. The minimum absolute atomic E-state index is 0.647. The molecule has 0 fully saturated rings. The molecule has 0 unspecified atom stereocenters. The van der Waals surface area contributed by atoms with Crippen LogP contribution in [0.4, 0.5) is 0 Å². The van der Waals surface area contributed by atoms with Gasteiger partial charge < -0.3 is 4.84 Å². The minimum Gasteiger partial charge on any atom is -0.377 e. The topological polar surface area (TPSA) is 21.6 Å². The predicted octanol–water partition coefficient (Wildman–Crippen LogP) is 18.4. The van der Waals surface area contributed by atoms with Crippen LogP contribution < -0.4 is 0 Å². The Bertz CT molecular complexity index is 7270. The smallest absolute Gasteiger partial charge is 0.209 e. The van der Waals surface area contributed by atoms with E-state index in [-0.39, 0.29) is 0 Å². The van der Waals surface area contributed by atoms with E-state index in [9.17, 15) is 0 Å². The molecule has 0 radical (unpaired) electrons. The summed E-state index contributed by atoms with van der Waals surface area (Å²) in [6.07, 6.45) is 4.84. The zero-order valence-corrected chi connectivity index (χ0v) is 36.0. The largest absolute Gasteiger partial charge is 0.377 e. The van der Waals surface area contributed by atoms with Gasteiger partial charge in [-0.25, -0.2) is 0 Å². The first kappa shape index (κ1) is 25.7. The normalized spacial score (nSPS) is 22.5. The molecule has 2 heterocycles. The van der Waals surface area contributed by atoms with Crippen molar-refractivity contribution in [3.05, 3.63) is 50.7 Å². The van der Waals surface area contributed by atoms with Crippen LogP contribution in [0.3, 0.4) is 0 Å². The van der Waals surface area contributed by atoms with Crippen molar-refractivity contribution in [1.82, 2.24) is 0 Å². The van der Waals surface area contributed by atoms with Crippen LogP contribution in [0.5, 0.6) is 0 Å². The van der Waals surface area contributed by atoms with Crippen LogP contribution in [0.1, 0.15) is 27.1 Å². The molecule has 0 saturated heterocycles. The molecule has 0 N–H and O–H groups in total. The number of hydrogen-bond donors (Lipinski definition) is 0. The van der Waals surface area contributed by atoms with Crippen LogP contribution in [0.15, 0.2) is 28.7 Å². The first-order valence-corrected chi connectivity index (χ1v) is 26.5. The van der Waals surface area contributed by atoms with E-state index in [1.54, 1.807) is 302 Å². The van der Waals surface area contributed by atoms with Crippen molar-refractivity contribution in [3.8, 4) is 0 Å².